The minimum atomic E-state index is 1.05. The average molecular weight is 535 g/mol. The van der Waals surface area contributed by atoms with Gasteiger partial charge < -0.3 is 0 Å². The van der Waals surface area contributed by atoms with Gasteiger partial charge in [0.05, 0.1) is 0 Å². The van der Waals surface area contributed by atoms with Crippen LogP contribution in [0.5, 0.6) is 0 Å². The first-order chi connectivity index (χ1) is 20.8. The molecule has 0 saturated heterocycles. The second-order valence-corrected chi connectivity index (χ2v) is 11.2. The zero-order valence-electron chi connectivity index (χ0n) is 23.4. The van der Waals surface area contributed by atoms with Crippen LogP contribution in [-0.2, 0) is 6.42 Å². The van der Waals surface area contributed by atoms with Crippen molar-refractivity contribution in [2.75, 3.05) is 0 Å². The summed E-state index contributed by atoms with van der Waals surface area (Å²) in [4.78, 5) is 0. The van der Waals surface area contributed by atoms with Gasteiger partial charge in [-0.1, -0.05) is 152 Å². The Bertz CT molecular complexity index is 2110. The second kappa shape index (κ2) is 10.3. The molecule has 198 valence electrons. The molecule has 7 aromatic carbocycles. The van der Waals surface area contributed by atoms with Crippen molar-refractivity contribution < 1.29 is 0 Å². The molecule has 0 fully saturated rings. The van der Waals surface area contributed by atoms with Crippen LogP contribution in [0.25, 0.3) is 72.1 Å². The van der Waals surface area contributed by atoms with E-state index in [2.05, 4.69) is 158 Å². The minimum absolute atomic E-state index is 1.05. The zero-order chi connectivity index (χ0) is 27.9. The Kier molecular flexibility index (Phi) is 6.04. The van der Waals surface area contributed by atoms with Gasteiger partial charge in [0, 0.05) is 0 Å². The summed E-state index contributed by atoms with van der Waals surface area (Å²) in [5, 5.41) is 5.24. The molecule has 0 nitrogen and oxygen atoms in total. The Labute approximate surface area is 247 Å². The van der Waals surface area contributed by atoms with Crippen LogP contribution in [0.4, 0.5) is 0 Å². The lowest BCUT2D eigenvalue weighted by atomic mass is 9.79. The van der Waals surface area contributed by atoms with Crippen molar-refractivity contribution in [2.45, 2.75) is 12.8 Å². The molecule has 0 bridgehead atoms. The highest BCUT2D eigenvalue weighted by atomic mass is 14.3. The quantitative estimate of drug-likeness (QED) is 0.211. The van der Waals surface area contributed by atoms with Crippen molar-refractivity contribution in [2.24, 2.45) is 0 Å². The second-order valence-electron chi connectivity index (χ2n) is 11.2. The number of rotatable bonds is 4. The summed E-state index contributed by atoms with van der Waals surface area (Å²) in [6.45, 7) is 0. The summed E-state index contributed by atoms with van der Waals surface area (Å²) in [6, 6.07) is 53.2. The number of fused-ring (bicyclic) bond motifs is 3. The van der Waals surface area contributed by atoms with E-state index in [0.29, 0.717) is 0 Å². The molecule has 0 aromatic heterocycles. The molecule has 0 heterocycles. The highest BCUT2D eigenvalue weighted by Crippen LogP contribution is 2.46. The topological polar surface area (TPSA) is 0 Å². The third-order valence-electron chi connectivity index (χ3n) is 8.74. The van der Waals surface area contributed by atoms with E-state index in [4.69, 9.17) is 0 Å². The third-order valence-corrected chi connectivity index (χ3v) is 8.74. The Hall–Kier alpha value is -5.20. The highest BCUT2D eigenvalue weighted by molar-refractivity contribution is 6.13. The molecule has 0 amide bonds. The van der Waals surface area contributed by atoms with Crippen LogP contribution in [0.15, 0.2) is 152 Å². The van der Waals surface area contributed by atoms with Gasteiger partial charge in [-0.15, -0.1) is 0 Å². The van der Waals surface area contributed by atoms with Gasteiger partial charge in [-0.3, -0.25) is 0 Å². The van der Waals surface area contributed by atoms with Crippen LogP contribution in [0.3, 0.4) is 0 Å². The van der Waals surface area contributed by atoms with Crippen molar-refractivity contribution in [3.05, 3.63) is 163 Å². The van der Waals surface area contributed by atoms with Crippen LogP contribution < -0.4 is 0 Å². The summed E-state index contributed by atoms with van der Waals surface area (Å²) in [7, 11) is 0. The van der Waals surface area contributed by atoms with E-state index in [1.807, 2.05) is 0 Å². The number of hydrogen-bond acceptors (Lipinski definition) is 0. The predicted octanol–water partition coefficient (Wildman–Crippen LogP) is 11.6. The van der Waals surface area contributed by atoms with Crippen LogP contribution >= 0.6 is 0 Å². The average Bonchev–Trinajstić information content (AvgIpc) is 3.07. The summed E-state index contributed by atoms with van der Waals surface area (Å²) < 4.78 is 0. The fourth-order valence-electron chi connectivity index (χ4n) is 6.79. The largest absolute Gasteiger partial charge is 0.0836 e. The molecule has 0 atom stereocenters. The van der Waals surface area contributed by atoms with Crippen molar-refractivity contribution >= 4 is 27.6 Å². The van der Waals surface area contributed by atoms with Gasteiger partial charge in [0.15, 0.2) is 0 Å². The standard InChI is InChI=1S/C42H30/c1-2-12-29(13-3-1)33-16-10-17-34(28-33)30-24-26-32(27-25-30)41-37-19-6-8-21-39(37)42(40-22-9-7-20-38(40)41)36-23-11-15-31-14-4-5-18-35(31)36/h1-8,10-21,23-28H,9,22H2. The molecule has 1 aliphatic carbocycles. The van der Waals surface area contributed by atoms with Gasteiger partial charge in [-0.05, 0) is 96.1 Å². The molecule has 0 spiro atoms. The van der Waals surface area contributed by atoms with E-state index in [1.54, 1.807) is 0 Å². The lowest BCUT2D eigenvalue weighted by Gasteiger charge is -2.24. The van der Waals surface area contributed by atoms with Gasteiger partial charge in [0.1, 0.15) is 0 Å². The monoisotopic (exact) mass is 534 g/mol. The molecule has 42 heavy (non-hydrogen) atoms. The van der Waals surface area contributed by atoms with E-state index in [1.165, 1.54) is 77.2 Å². The molecule has 1 aliphatic rings. The molecule has 0 saturated carbocycles. The first-order valence-electron chi connectivity index (χ1n) is 14.8. The third kappa shape index (κ3) is 4.16. The summed E-state index contributed by atoms with van der Waals surface area (Å²) in [6.07, 6.45) is 6.83. The molecule has 0 N–H and O–H groups in total. The SMILES string of the molecule is C1=Cc2c(c(-c3cccc4ccccc34)c3ccccc3c2-c2ccc(-c3cccc(-c4ccccc4)c3)cc2)CC1. The van der Waals surface area contributed by atoms with Gasteiger partial charge in [-0.25, -0.2) is 0 Å². The molecule has 0 radical (unpaired) electrons. The van der Waals surface area contributed by atoms with Crippen LogP contribution in [-0.4, -0.2) is 0 Å². The maximum atomic E-state index is 2.37. The van der Waals surface area contributed by atoms with Crippen LogP contribution in [0, 0.1) is 0 Å². The van der Waals surface area contributed by atoms with Crippen molar-refractivity contribution in [3.63, 3.8) is 0 Å². The first kappa shape index (κ1) is 24.6. The first-order valence-corrected chi connectivity index (χ1v) is 14.8. The zero-order valence-corrected chi connectivity index (χ0v) is 23.4. The lowest BCUT2D eigenvalue weighted by molar-refractivity contribution is 0.992. The number of allylic oxidation sites excluding steroid dienone is 1. The molecule has 0 aliphatic heterocycles. The lowest BCUT2D eigenvalue weighted by Crippen LogP contribution is -2.02. The van der Waals surface area contributed by atoms with E-state index >= 15 is 0 Å². The van der Waals surface area contributed by atoms with Gasteiger partial charge >= 0.3 is 0 Å². The van der Waals surface area contributed by atoms with Crippen molar-refractivity contribution in [1.82, 2.24) is 0 Å². The van der Waals surface area contributed by atoms with E-state index in [-0.39, 0.29) is 0 Å². The Morgan fingerprint density at radius 3 is 1.76 bits per heavy atom. The number of hydrogen-bond donors (Lipinski definition) is 0. The molecule has 0 unspecified atom stereocenters. The summed E-state index contributed by atoms with van der Waals surface area (Å²) in [5.74, 6) is 0. The Balaban J connectivity index is 1.30. The van der Waals surface area contributed by atoms with Gasteiger partial charge in [0.2, 0.25) is 0 Å². The molecule has 0 heteroatoms. The van der Waals surface area contributed by atoms with Crippen molar-refractivity contribution in [3.8, 4) is 44.5 Å². The Morgan fingerprint density at radius 1 is 0.405 bits per heavy atom. The minimum Gasteiger partial charge on any atom is -0.0836 e. The maximum Gasteiger partial charge on any atom is -0.00297 e. The van der Waals surface area contributed by atoms with Gasteiger partial charge in [-0.2, -0.15) is 0 Å². The highest BCUT2D eigenvalue weighted by Gasteiger charge is 2.22. The summed E-state index contributed by atoms with van der Waals surface area (Å²) in [5.41, 5.74) is 13.1. The van der Waals surface area contributed by atoms with Gasteiger partial charge in [0.25, 0.3) is 0 Å². The van der Waals surface area contributed by atoms with E-state index < -0.39 is 0 Å². The van der Waals surface area contributed by atoms with Crippen LogP contribution in [0.2, 0.25) is 0 Å². The predicted molar refractivity (Wildman–Crippen MR) is 181 cm³/mol. The molecule has 7 aromatic rings. The maximum absolute atomic E-state index is 2.37. The number of benzene rings is 7. The normalized spacial score (nSPS) is 12.5. The smallest absolute Gasteiger partial charge is 0.00297 e. The fourth-order valence-corrected chi connectivity index (χ4v) is 6.79. The fraction of sp³-hybridized carbons (Fsp3) is 0.0476. The Morgan fingerprint density at radius 2 is 0.976 bits per heavy atom. The van der Waals surface area contributed by atoms with Crippen LogP contribution in [0.1, 0.15) is 17.5 Å². The van der Waals surface area contributed by atoms with E-state index in [0.717, 1.165) is 12.8 Å². The molecule has 8 rings (SSSR count). The van der Waals surface area contributed by atoms with Crippen molar-refractivity contribution in [1.29, 1.82) is 0 Å². The molecular weight excluding hydrogens is 504 g/mol. The molecular formula is C42H30. The van der Waals surface area contributed by atoms with E-state index in [9.17, 15) is 0 Å². The summed E-state index contributed by atoms with van der Waals surface area (Å²) >= 11 is 0.